The molecule has 42 heavy (non-hydrogen) atoms. The highest BCUT2D eigenvalue weighted by molar-refractivity contribution is 6.39. The van der Waals surface area contributed by atoms with E-state index in [4.69, 9.17) is 18.9 Å². The van der Waals surface area contributed by atoms with Gasteiger partial charge >= 0.3 is 5.97 Å². The molecule has 3 rings (SSSR count). The molecule has 10 atom stereocenters. The van der Waals surface area contributed by atoms with Gasteiger partial charge in [-0.05, 0) is 83.5 Å². The van der Waals surface area contributed by atoms with E-state index in [0.29, 0.717) is 44.4 Å². The number of amides is 1. The third-order valence-electron chi connectivity index (χ3n) is 9.78. The lowest BCUT2D eigenvalue weighted by molar-refractivity contribution is -0.265. The summed E-state index contributed by atoms with van der Waals surface area (Å²) in [6, 6.07) is -0.896. The van der Waals surface area contributed by atoms with Gasteiger partial charge in [0.15, 0.2) is 0 Å². The molecule has 0 aromatic rings. The van der Waals surface area contributed by atoms with Crippen molar-refractivity contribution in [1.29, 1.82) is 0 Å². The molecule has 3 aliphatic rings. The maximum atomic E-state index is 13.6. The first kappa shape index (κ1) is 34.6. The van der Waals surface area contributed by atoms with Crippen molar-refractivity contribution in [3.8, 4) is 0 Å². The molecule has 10 heteroatoms. The number of methoxy groups -OCH3 is 2. The Kier molecular flexibility index (Phi) is 12.6. The van der Waals surface area contributed by atoms with Crippen LogP contribution in [0.2, 0.25) is 0 Å². The zero-order valence-corrected chi connectivity index (χ0v) is 26.4. The van der Waals surface area contributed by atoms with E-state index in [9.17, 15) is 24.6 Å². The van der Waals surface area contributed by atoms with Crippen LogP contribution in [-0.4, -0.2) is 95.9 Å². The molecule has 240 valence electrons. The first-order valence-corrected chi connectivity index (χ1v) is 15.7. The lowest BCUT2D eigenvalue weighted by Gasteiger charge is -2.42. The molecule has 0 bridgehead atoms. The second-order valence-electron chi connectivity index (χ2n) is 12.9. The number of carbonyl (C=O) groups excluding carboxylic acids is 3. The standard InChI is InChI=1S/C32H53NO9/c1-19(2)27(39-6)18-24-13-11-21(4)32(38,42-24)29(35)30(36)33-15-9-8-10-25(33)31(37)41-22(5)20(3)16-23-12-14-26(34)28(17-23)40-7/h20-28,34,38H,1,8-18H2,2-7H3. The summed E-state index contributed by atoms with van der Waals surface area (Å²) in [6.45, 7) is 11.6. The van der Waals surface area contributed by atoms with Crippen LogP contribution >= 0.6 is 0 Å². The number of likely N-dealkylation sites (tertiary alicyclic amines) is 1. The fourth-order valence-corrected chi connectivity index (χ4v) is 6.70. The van der Waals surface area contributed by atoms with E-state index in [1.165, 1.54) is 4.90 Å². The van der Waals surface area contributed by atoms with Gasteiger partial charge in [-0.1, -0.05) is 26.0 Å². The van der Waals surface area contributed by atoms with E-state index in [0.717, 1.165) is 31.3 Å². The zero-order valence-electron chi connectivity index (χ0n) is 26.4. The van der Waals surface area contributed by atoms with Crippen LogP contribution in [0, 0.1) is 17.8 Å². The fourth-order valence-electron chi connectivity index (χ4n) is 6.70. The minimum Gasteiger partial charge on any atom is -0.461 e. The van der Waals surface area contributed by atoms with Crippen LogP contribution < -0.4 is 0 Å². The van der Waals surface area contributed by atoms with Crippen LogP contribution in [0.3, 0.4) is 0 Å². The normalized spacial score (nSPS) is 34.2. The number of hydrogen-bond donors (Lipinski definition) is 2. The Balaban J connectivity index is 1.64. The number of carbonyl (C=O) groups is 3. The smallest absolute Gasteiger partial charge is 0.329 e. The van der Waals surface area contributed by atoms with E-state index in [1.807, 2.05) is 20.8 Å². The first-order valence-electron chi connectivity index (χ1n) is 15.7. The van der Waals surface area contributed by atoms with Crippen molar-refractivity contribution < 1.29 is 43.5 Å². The lowest BCUT2D eigenvalue weighted by atomic mass is 9.79. The highest BCUT2D eigenvalue weighted by Gasteiger charge is 2.53. The molecule has 3 fully saturated rings. The van der Waals surface area contributed by atoms with Crippen LogP contribution in [0.15, 0.2) is 12.2 Å². The van der Waals surface area contributed by atoms with Gasteiger partial charge < -0.3 is 34.1 Å². The average molecular weight is 596 g/mol. The minimum atomic E-state index is -2.28. The Morgan fingerprint density at radius 3 is 2.43 bits per heavy atom. The van der Waals surface area contributed by atoms with Gasteiger partial charge in [-0.3, -0.25) is 9.59 Å². The molecule has 0 aromatic heterocycles. The largest absolute Gasteiger partial charge is 0.461 e. The molecule has 0 radical (unpaired) electrons. The molecule has 2 heterocycles. The van der Waals surface area contributed by atoms with Crippen molar-refractivity contribution >= 4 is 17.7 Å². The van der Waals surface area contributed by atoms with Gasteiger partial charge in [-0.15, -0.1) is 0 Å². The monoisotopic (exact) mass is 595 g/mol. The molecule has 10 nitrogen and oxygen atoms in total. The number of aliphatic hydroxyl groups excluding tert-OH is 1. The topological polar surface area (TPSA) is 132 Å². The predicted molar refractivity (Wildman–Crippen MR) is 156 cm³/mol. The number of aliphatic hydroxyl groups is 2. The SMILES string of the molecule is C=C(C)C(CC1CCC(C)C(O)(C(=O)C(=O)N2CCCCC2C(=O)OC(C)C(C)CC2CCC(O)C(OC)C2)O1)OC. The van der Waals surface area contributed by atoms with Crippen LogP contribution in [0.25, 0.3) is 0 Å². The van der Waals surface area contributed by atoms with Crippen LogP contribution in [0.4, 0.5) is 0 Å². The number of Topliss-reactive ketones (excluding diaryl/α,β-unsaturated/α-hetero) is 1. The highest BCUT2D eigenvalue weighted by atomic mass is 16.6. The second kappa shape index (κ2) is 15.2. The number of hydrogen-bond acceptors (Lipinski definition) is 9. The summed E-state index contributed by atoms with van der Waals surface area (Å²) >= 11 is 0. The number of nitrogens with zero attached hydrogens (tertiary/aromatic N) is 1. The summed E-state index contributed by atoms with van der Waals surface area (Å²) in [5.74, 6) is -4.95. The van der Waals surface area contributed by atoms with Gasteiger partial charge in [0.05, 0.1) is 24.4 Å². The summed E-state index contributed by atoms with van der Waals surface area (Å²) in [6.07, 6.45) is 4.65. The molecular formula is C32H53NO9. The molecule has 1 aliphatic carbocycles. The van der Waals surface area contributed by atoms with Gasteiger partial charge in [0.2, 0.25) is 5.79 Å². The van der Waals surface area contributed by atoms with Crippen molar-refractivity contribution in [2.45, 2.75) is 134 Å². The Bertz CT molecular complexity index is 956. The number of rotatable bonds is 12. The van der Waals surface area contributed by atoms with Crippen molar-refractivity contribution in [3.05, 3.63) is 12.2 Å². The average Bonchev–Trinajstić information content (AvgIpc) is 2.97. The van der Waals surface area contributed by atoms with E-state index in [2.05, 4.69) is 6.58 Å². The fraction of sp³-hybridized carbons (Fsp3) is 0.844. The summed E-state index contributed by atoms with van der Waals surface area (Å²) in [4.78, 5) is 41.8. The van der Waals surface area contributed by atoms with Gasteiger partial charge in [-0.2, -0.15) is 0 Å². The Morgan fingerprint density at radius 2 is 1.79 bits per heavy atom. The molecule has 0 aromatic carbocycles. The van der Waals surface area contributed by atoms with Crippen LogP contribution in [0.5, 0.6) is 0 Å². The molecule has 2 aliphatic heterocycles. The summed E-state index contributed by atoms with van der Waals surface area (Å²) in [5, 5.41) is 21.5. The molecule has 2 saturated heterocycles. The first-order chi connectivity index (χ1) is 19.8. The predicted octanol–water partition coefficient (Wildman–Crippen LogP) is 3.56. The van der Waals surface area contributed by atoms with Crippen molar-refractivity contribution in [2.24, 2.45) is 17.8 Å². The Labute approximate surface area is 251 Å². The lowest BCUT2D eigenvalue weighted by Crippen LogP contribution is -2.60. The summed E-state index contributed by atoms with van der Waals surface area (Å²) < 4.78 is 22.7. The number of esters is 1. The summed E-state index contributed by atoms with van der Waals surface area (Å²) in [7, 11) is 3.19. The second-order valence-corrected chi connectivity index (χ2v) is 12.9. The van der Waals surface area contributed by atoms with Crippen molar-refractivity contribution in [1.82, 2.24) is 4.90 Å². The van der Waals surface area contributed by atoms with Crippen LogP contribution in [-0.2, 0) is 33.3 Å². The Hall–Kier alpha value is -1.85. The van der Waals surface area contributed by atoms with Gasteiger partial charge in [-0.25, -0.2) is 4.79 Å². The molecule has 2 N–H and O–H groups in total. The number of ketones is 1. The summed E-state index contributed by atoms with van der Waals surface area (Å²) in [5.41, 5.74) is 0.806. The molecule has 1 amide bonds. The van der Waals surface area contributed by atoms with Crippen LogP contribution in [0.1, 0.15) is 91.9 Å². The van der Waals surface area contributed by atoms with Crippen molar-refractivity contribution in [3.63, 3.8) is 0 Å². The van der Waals surface area contributed by atoms with E-state index >= 15 is 0 Å². The van der Waals surface area contributed by atoms with E-state index < -0.39 is 53.7 Å². The highest BCUT2D eigenvalue weighted by Crippen LogP contribution is 2.37. The van der Waals surface area contributed by atoms with E-state index in [-0.39, 0.29) is 24.7 Å². The quantitative estimate of drug-likeness (QED) is 0.197. The molecule has 0 spiro atoms. The number of ether oxygens (including phenoxy) is 4. The zero-order chi connectivity index (χ0) is 31.2. The number of piperidine rings is 1. The van der Waals surface area contributed by atoms with Gasteiger partial charge in [0, 0.05) is 33.1 Å². The Morgan fingerprint density at radius 1 is 1.07 bits per heavy atom. The maximum Gasteiger partial charge on any atom is 0.329 e. The minimum absolute atomic E-state index is 0.0605. The molecule has 10 unspecified atom stereocenters. The third-order valence-corrected chi connectivity index (χ3v) is 9.78. The van der Waals surface area contributed by atoms with Gasteiger partial charge in [0.1, 0.15) is 12.1 Å². The van der Waals surface area contributed by atoms with E-state index in [1.54, 1.807) is 21.1 Å². The third kappa shape index (κ3) is 8.20. The maximum absolute atomic E-state index is 13.6. The molecule has 1 saturated carbocycles. The van der Waals surface area contributed by atoms with Gasteiger partial charge in [0.25, 0.3) is 11.7 Å². The van der Waals surface area contributed by atoms with Crippen molar-refractivity contribution in [2.75, 3.05) is 20.8 Å². The molecular weight excluding hydrogens is 542 g/mol.